The van der Waals surface area contributed by atoms with E-state index in [-0.39, 0.29) is 16.8 Å². The number of halogens is 1. The molecule has 1 aliphatic rings. The average Bonchev–Trinajstić information content (AvgIpc) is 3.17. The Labute approximate surface area is 163 Å². The summed E-state index contributed by atoms with van der Waals surface area (Å²) in [6.45, 7) is 1.16. The third-order valence-electron chi connectivity index (χ3n) is 4.69. The van der Waals surface area contributed by atoms with Crippen molar-refractivity contribution >= 4 is 15.8 Å². The van der Waals surface area contributed by atoms with Gasteiger partial charge < -0.3 is 4.90 Å². The number of aromatic nitrogens is 2. The Morgan fingerprint density at radius 3 is 2.43 bits per heavy atom. The van der Waals surface area contributed by atoms with Crippen molar-refractivity contribution in [3.63, 3.8) is 0 Å². The molecule has 1 atom stereocenters. The standard InChI is InChI=1S/C20H19FN4O2S/c21-18-9-5-4-8-17(18)19-10-11-20(23-22-19)25-13-12-15(14-25)24-28(26,27)16-6-2-1-3-7-16/h1-11,15,24H,12-14H2. The van der Waals surface area contributed by atoms with E-state index < -0.39 is 10.0 Å². The molecule has 0 bridgehead atoms. The molecule has 0 aliphatic carbocycles. The summed E-state index contributed by atoms with van der Waals surface area (Å²) in [5, 5.41) is 8.33. The molecule has 3 aromatic rings. The molecule has 8 heteroatoms. The number of hydrogen-bond donors (Lipinski definition) is 1. The molecule has 28 heavy (non-hydrogen) atoms. The minimum atomic E-state index is -3.55. The molecule has 2 aromatic carbocycles. The van der Waals surface area contributed by atoms with Crippen LogP contribution >= 0.6 is 0 Å². The zero-order chi connectivity index (χ0) is 19.6. The second kappa shape index (κ2) is 7.65. The van der Waals surface area contributed by atoms with E-state index in [1.165, 1.54) is 6.07 Å². The lowest BCUT2D eigenvalue weighted by Gasteiger charge is -2.17. The number of hydrogen-bond acceptors (Lipinski definition) is 5. The SMILES string of the molecule is O=S(=O)(NC1CCN(c2ccc(-c3ccccc3F)nn2)C1)c1ccccc1. The third kappa shape index (κ3) is 3.88. The monoisotopic (exact) mass is 398 g/mol. The highest BCUT2D eigenvalue weighted by atomic mass is 32.2. The van der Waals surface area contributed by atoms with Crippen LogP contribution < -0.4 is 9.62 Å². The predicted molar refractivity (Wildman–Crippen MR) is 105 cm³/mol. The van der Waals surface area contributed by atoms with Crippen LogP contribution in [0.5, 0.6) is 0 Å². The molecule has 4 rings (SSSR count). The van der Waals surface area contributed by atoms with Crippen molar-refractivity contribution in [2.75, 3.05) is 18.0 Å². The maximum absolute atomic E-state index is 13.9. The molecule has 1 fully saturated rings. The van der Waals surface area contributed by atoms with Crippen LogP contribution in [-0.4, -0.2) is 37.7 Å². The van der Waals surface area contributed by atoms with E-state index in [9.17, 15) is 12.8 Å². The minimum absolute atomic E-state index is 0.210. The van der Waals surface area contributed by atoms with Crippen LogP contribution in [0.15, 0.2) is 71.6 Å². The molecule has 1 saturated heterocycles. The van der Waals surface area contributed by atoms with E-state index in [2.05, 4.69) is 14.9 Å². The van der Waals surface area contributed by atoms with Crippen LogP contribution in [0.1, 0.15) is 6.42 Å². The molecule has 1 unspecified atom stereocenters. The Kier molecular flexibility index (Phi) is 5.06. The third-order valence-corrected chi connectivity index (χ3v) is 6.22. The number of benzene rings is 2. The molecule has 0 amide bonds. The van der Waals surface area contributed by atoms with Crippen LogP contribution in [0.25, 0.3) is 11.3 Å². The second-order valence-electron chi connectivity index (χ2n) is 6.62. The Bertz CT molecular complexity index is 1060. The smallest absolute Gasteiger partial charge is 0.240 e. The maximum Gasteiger partial charge on any atom is 0.240 e. The van der Waals surface area contributed by atoms with Gasteiger partial charge in [-0.2, -0.15) is 0 Å². The molecule has 1 N–H and O–H groups in total. The topological polar surface area (TPSA) is 75.2 Å². The Hall–Kier alpha value is -2.84. The summed E-state index contributed by atoms with van der Waals surface area (Å²) < 4.78 is 41.6. The molecule has 0 radical (unpaired) electrons. The van der Waals surface area contributed by atoms with E-state index >= 15 is 0 Å². The van der Waals surface area contributed by atoms with Crippen LogP contribution in [-0.2, 0) is 10.0 Å². The van der Waals surface area contributed by atoms with Gasteiger partial charge in [0.25, 0.3) is 0 Å². The van der Waals surface area contributed by atoms with E-state index in [0.717, 1.165) is 0 Å². The highest BCUT2D eigenvalue weighted by Crippen LogP contribution is 2.23. The number of sulfonamides is 1. The summed E-state index contributed by atoms with van der Waals surface area (Å²) in [6, 6.07) is 18.0. The van der Waals surface area contributed by atoms with E-state index in [1.807, 2.05) is 4.90 Å². The maximum atomic E-state index is 13.9. The van der Waals surface area contributed by atoms with Gasteiger partial charge in [0, 0.05) is 24.7 Å². The van der Waals surface area contributed by atoms with Gasteiger partial charge in [0.1, 0.15) is 5.82 Å². The van der Waals surface area contributed by atoms with Crippen molar-refractivity contribution in [3.05, 3.63) is 72.5 Å². The molecule has 1 aliphatic heterocycles. The molecular formula is C20H19FN4O2S. The summed E-state index contributed by atoms with van der Waals surface area (Å²) in [5.41, 5.74) is 0.860. The van der Waals surface area contributed by atoms with Gasteiger partial charge in [-0.05, 0) is 42.8 Å². The number of anilines is 1. The first-order chi connectivity index (χ1) is 13.5. The van der Waals surface area contributed by atoms with Gasteiger partial charge in [0.05, 0.1) is 10.6 Å². The van der Waals surface area contributed by atoms with Gasteiger partial charge in [-0.1, -0.05) is 30.3 Å². The minimum Gasteiger partial charge on any atom is -0.353 e. The van der Waals surface area contributed by atoms with Gasteiger partial charge in [-0.25, -0.2) is 17.5 Å². The fourth-order valence-electron chi connectivity index (χ4n) is 3.26. The van der Waals surface area contributed by atoms with Crippen molar-refractivity contribution in [1.29, 1.82) is 0 Å². The predicted octanol–water partition coefficient (Wildman–Crippen LogP) is 2.84. The van der Waals surface area contributed by atoms with Crippen molar-refractivity contribution in [1.82, 2.24) is 14.9 Å². The highest BCUT2D eigenvalue weighted by Gasteiger charge is 2.28. The zero-order valence-corrected chi connectivity index (χ0v) is 15.8. The first-order valence-corrected chi connectivity index (χ1v) is 10.4. The van der Waals surface area contributed by atoms with Gasteiger partial charge in [-0.15, -0.1) is 10.2 Å². The quantitative estimate of drug-likeness (QED) is 0.715. The van der Waals surface area contributed by atoms with Crippen molar-refractivity contribution in [2.24, 2.45) is 0 Å². The number of rotatable bonds is 5. The van der Waals surface area contributed by atoms with Gasteiger partial charge in [0.2, 0.25) is 10.0 Å². The lowest BCUT2D eigenvalue weighted by molar-refractivity contribution is 0.561. The summed E-state index contributed by atoms with van der Waals surface area (Å²) in [5.74, 6) is 0.294. The van der Waals surface area contributed by atoms with Crippen LogP contribution in [0.4, 0.5) is 10.2 Å². The normalized spacial score (nSPS) is 17.0. The molecular weight excluding hydrogens is 379 g/mol. The van der Waals surface area contributed by atoms with Crippen LogP contribution in [0, 0.1) is 5.82 Å². The second-order valence-corrected chi connectivity index (χ2v) is 8.34. The first-order valence-electron chi connectivity index (χ1n) is 8.94. The van der Waals surface area contributed by atoms with Crippen molar-refractivity contribution in [3.8, 4) is 11.3 Å². The zero-order valence-electron chi connectivity index (χ0n) is 15.0. The Morgan fingerprint density at radius 1 is 0.964 bits per heavy atom. The summed E-state index contributed by atoms with van der Waals surface area (Å²) in [4.78, 5) is 2.22. The van der Waals surface area contributed by atoms with Crippen LogP contribution in [0.2, 0.25) is 0 Å². The summed E-state index contributed by atoms with van der Waals surface area (Å²) in [6.07, 6.45) is 0.669. The summed E-state index contributed by atoms with van der Waals surface area (Å²) in [7, 11) is -3.55. The average molecular weight is 398 g/mol. The fraction of sp³-hybridized carbons (Fsp3) is 0.200. The fourth-order valence-corrected chi connectivity index (χ4v) is 4.54. The Morgan fingerprint density at radius 2 is 1.71 bits per heavy atom. The lowest BCUT2D eigenvalue weighted by atomic mass is 10.1. The van der Waals surface area contributed by atoms with Crippen LogP contribution in [0.3, 0.4) is 0 Å². The van der Waals surface area contributed by atoms with Gasteiger partial charge in [0.15, 0.2) is 5.82 Å². The van der Waals surface area contributed by atoms with Gasteiger partial charge in [-0.3, -0.25) is 0 Å². The lowest BCUT2D eigenvalue weighted by Crippen LogP contribution is -2.37. The van der Waals surface area contributed by atoms with Gasteiger partial charge >= 0.3 is 0 Å². The molecule has 0 saturated carbocycles. The number of nitrogens with zero attached hydrogens (tertiary/aromatic N) is 3. The molecule has 144 valence electrons. The summed E-state index contributed by atoms with van der Waals surface area (Å²) >= 11 is 0. The first kappa shape index (κ1) is 18.5. The van der Waals surface area contributed by atoms with E-state index in [1.54, 1.807) is 60.7 Å². The molecule has 2 heterocycles. The van der Waals surface area contributed by atoms with Crippen molar-refractivity contribution in [2.45, 2.75) is 17.4 Å². The number of nitrogens with one attached hydrogen (secondary N) is 1. The molecule has 6 nitrogen and oxygen atoms in total. The Balaban J connectivity index is 1.44. The van der Waals surface area contributed by atoms with E-state index in [0.29, 0.717) is 36.6 Å². The largest absolute Gasteiger partial charge is 0.353 e. The highest BCUT2D eigenvalue weighted by molar-refractivity contribution is 7.89. The van der Waals surface area contributed by atoms with Crippen molar-refractivity contribution < 1.29 is 12.8 Å². The van der Waals surface area contributed by atoms with E-state index in [4.69, 9.17) is 0 Å². The molecule has 0 spiro atoms. The molecule has 1 aromatic heterocycles.